The Morgan fingerprint density at radius 1 is 1.12 bits per heavy atom. The van der Waals surface area contributed by atoms with Crippen LogP contribution in [0.2, 0.25) is 0 Å². The fourth-order valence-electron chi connectivity index (χ4n) is 2.47. The summed E-state index contributed by atoms with van der Waals surface area (Å²) in [5.74, 6) is -0.748. The number of benzene rings is 1. The summed E-state index contributed by atoms with van der Waals surface area (Å²) in [5.41, 5.74) is 0.351. The SMILES string of the molecule is OC(CC1CCCC1)c1cc(F)cc(F)c1. The first-order valence-corrected chi connectivity index (χ1v) is 5.79. The number of hydrogen-bond donors (Lipinski definition) is 1. The van der Waals surface area contributed by atoms with Gasteiger partial charge in [0.05, 0.1) is 6.10 Å². The fraction of sp³-hybridized carbons (Fsp3) is 0.538. The van der Waals surface area contributed by atoms with Gasteiger partial charge in [-0.3, -0.25) is 0 Å². The third kappa shape index (κ3) is 2.79. The molecule has 3 heteroatoms. The van der Waals surface area contributed by atoms with Crippen molar-refractivity contribution in [2.75, 3.05) is 0 Å². The molecule has 1 atom stereocenters. The van der Waals surface area contributed by atoms with Crippen LogP contribution in [0.15, 0.2) is 18.2 Å². The topological polar surface area (TPSA) is 20.2 Å². The molecule has 1 saturated carbocycles. The molecule has 0 amide bonds. The lowest BCUT2D eigenvalue weighted by atomic mass is 9.95. The van der Waals surface area contributed by atoms with Crippen LogP contribution in [-0.4, -0.2) is 5.11 Å². The van der Waals surface area contributed by atoms with Crippen LogP contribution in [-0.2, 0) is 0 Å². The lowest BCUT2D eigenvalue weighted by Crippen LogP contribution is -2.05. The van der Waals surface area contributed by atoms with Gasteiger partial charge in [-0.1, -0.05) is 25.7 Å². The highest BCUT2D eigenvalue weighted by Crippen LogP contribution is 2.33. The van der Waals surface area contributed by atoms with Crippen LogP contribution in [0, 0.1) is 17.6 Å². The maximum absolute atomic E-state index is 13.0. The van der Waals surface area contributed by atoms with E-state index < -0.39 is 17.7 Å². The highest BCUT2D eigenvalue weighted by atomic mass is 19.1. The summed E-state index contributed by atoms with van der Waals surface area (Å²) in [6.07, 6.45) is 4.52. The molecule has 0 bridgehead atoms. The van der Waals surface area contributed by atoms with Crippen molar-refractivity contribution in [3.05, 3.63) is 35.4 Å². The van der Waals surface area contributed by atoms with Crippen molar-refractivity contribution in [2.45, 2.75) is 38.2 Å². The molecule has 0 spiro atoms. The summed E-state index contributed by atoms with van der Waals surface area (Å²) in [6.45, 7) is 0. The first-order chi connectivity index (χ1) is 7.65. The van der Waals surface area contributed by atoms with Crippen molar-refractivity contribution < 1.29 is 13.9 Å². The third-order valence-electron chi connectivity index (χ3n) is 3.30. The molecule has 0 radical (unpaired) electrons. The Morgan fingerprint density at radius 3 is 2.25 bits per heavy atom. The third-order valence-corrected chi connectivity index (χ3v) is 3.30. The Balaban J connectivity index is 2.04. The lowest BCUT2D eigenvalue weighted by molar-refractivity contribution is 0.144. The van der Waals surface area contributed by atoms with Crippen molar-refractivity contribution in [1.82, 2.24) is 0 Å². The molecule has 0 saturated heterocycles. The smallest absolute Gasteiger partial charge is 0.126 e. The van der Waals surface area contributed by atoms with Crippen LogP contribution in [0.3, 0.4) is 0 Å². The molecule has 88 valence electrons. The van der Waals surface area contributed by atoms with E-state index in [0.717, 1.165) is 18.9 Å². The molecule has 2 rings (SSSR count). The lowest BCUT2D eigenvalue weighted by Gasteiger charge is -2.15. The van der Waals surface area contributed by atoms with Crippen LogP contribution >= 0.6 is 0 Å². The zero-order chi connectivity index (χ0) is 11.5. The summed E-state index contributed by atoms with van der Waals surface area (Å²) >= 11 is 0. The summed E-state index contributed by atoms with van der Waals surface area (Å²) in [4.78, 5) is 0. The van der Waals surface area contributed by atoms with Crippen LogP contribution in [0.1, 0.15) is 43.8 Å². The molecule has 0 aromatic heterocycles. The average Bonchev–Trinajstić information content (AvgIpc) is 2.68. The van der Waals surface area contributed by atoms with Crippen molar-refractivity contribution in [1.29, 1.82) is 0 Å². The summed E-state index contributed by atoms with van der Waals surface area (Å²) < 4.78 is 25.9. The van der Waals surface area contributed by atoms with E-state index in [2.05, 4.69) is 0 Å². The highest BCUT2D eigenvalue weighted by molar-refractivity contribution is 5.20. The van der Waals surface area contributed by atoms with Gasteiger partial charge in [-0.25, -0.2) is 8.78 Å². The highest BCUT2D eigenvalue weighted by Gasteiger charge is 2.20. The van der Waals surface area contributed by atoms with Gasteiger partial charge < -0.3 is 5.11 Å². The van der Waals surface area contributed by atoms with E-state index >= 15 is 0 Å². The number of aliphatic hydroxyl groups is 1. The van der Waals surface area contributed by atoms with Crippen LogP contribution < -0.4 is 0 Å². The average molecular weight is 226 g/mol. The maximum atomic E-state index is 13.0. The van der Waals surface area contributed by atoms with Gasteiger partial charge in [-0.05, 0) is 30.0 Å². The molecule has 1 aromatic rings. The molecule has 0 heterocycles. The maximum Gasteiger partial charge on any atom is 0.126 e. The number of hydrogen-bond acceptors (Lipinski definition) is 1. The predicted octanol–water partition coefficient (Wildman–Crippen LogP) is 3.58. The van der Waals surface area contributed by atoms with Gasteiger partial charge in [-0.15, -0.1) is 0 Å². The second kappa shape index (κ2) is 4.91. The molecule has 1 nitrogen and oxygen atoms in total. The van der Waals surface area contributed by atoms with Crippen molar-refractivity contribution in [2.24, 2.45) is 5.92 Å². The second-order valence-corrected chi connectivity index (χ2v) is 4.60. The Labute approximate surface area is 94.1 Å². The van der Waals surface area contributed by atoms with Crippen LogP contribution in [0.5, 0.6) is 0 Å². The minimum absolute atomic E-state index is 0.351. The molecular formula is C13H16F2O. The van der Waals surface area contributed by atoms with E-state index in [1.807, 2.05) is 0 Å². The zero-order valence-electron chi connectivity index (χ0n) is 9.13. The van der Waals surface area contributed by atoms with Crippen molar-refractivity contribution in [3.8, 4) is 0 Å². The molecule has 16 heavy (non-hydrogen) atoms. The Bertz CT molecular complexity index is 339. The fourth-order valence-corrected chi connectivity index (χ4v) is 2.47. The number of rotatable bonds is 3. The molecule has 1 aromatic carbocycles. The van der Waals surface area contributed by atoms with Crippen LogP contribution in [0.4, 0.5) is 8.78 Å². The molecule has 1 aliphatic carbocycles. The standard InChI is InChI=1S/C13H16F2O/c14-11-6-10(7-12(15)8-11)13(16)5-9-3-1-2-4-9/h6-9,13,16H,1-5H2. The van der Waals surface area contributed by atoms with Gasteiger partial charge in [0.25, 0.3) is 0 Å². The Hall–Kier alpha value is -0.960. The van der Waals surface area contributed by atoms with E-state index in [9.17, 15) is 13.9 Å². The van der Waals surface area contributed by atoms with Crippen LogP contribution in [0.25, 0.3) is 0 Å². The first kappa shape index (κ1) is 11.5. The number of halogens is 2. The second-order valence-electron chi connectivity index (χ2n) is 4.60. The largest absolute Gasteiger partial charge is 0.388 e. The number of aliphatic hydroxyl groups excluding tert-OH is 1. The van der Waals surface area contributed by atoms with E-state index in [-0.39, 0.29) is 0 Å². The van der Waals surface area contributed by atoms with Crippen molar-refractivity contribution in [3.63, 3.8) is 0 Å². The molecular weight excluding hydrogens is 210 g/mol. The summed E-state index contributed by atoms with van der Waals surface area (Å²) in [6, 6.07) is 3.25. The summed E-state index contributed by atoms with van der Waals surface area (Å²) in [5, 5.41) is 9.90. The molecule has 1 aliphatic rings. The molecule has 0 aliphatic heterocycles. The molecule has 1 N–H and O–H groups in total. The van der Waals surface area contributed by atoms with Gasteiger partial charge in [0, 0.05) is 6.07 Å². The van der Waals surface area contributed by atoms with E-state index in [4.69, 9.17) is 0 Å². The van der Waals surface area contributed by atoms with E-state index in [1.54, 1.807) is 0 Å². The summed E-state index contributed by atoms with van der Waals surface area (Å²) in [7, 11) is 0. The normalized spacial score (nSPS) is 18.9. The first-order valence-electron chi connectivity index (χ1n) is 5.79. The van der Waals surface area contributed by atoms with Crippen molar-refractivity contribution >= 4 is 0 Å². The monoisotopic (exact) mass is 226 g/mol. The Morgan fingerprint density at radius 2 is 1.69 bits per heavy atom. The predicted molar refractivity (Wildman–Crippen MR) is 57.9 cm³/mol. The van der Waals surface area contributed by atoms with Gasteiger partial charge in [0.15, 0.2) is 0 Å². The zero-order valence-corrected chi connectivity index (χ0v) is 9.13. The van der Waals surface area contributed by atoms with Gasteiger partial charge in [-0.2, -0.15) is 0 Å². The quantitative estimate of drug-likeness (QED) is 0.835. The minimum atomic E-state index is -0.742. The van der Waals surface area contributed by atoms with Gasteiger partial charge >= 0.3 is 0 Å². The molecule has 1 unspecified atom stereocenters. The Kier molecular flexibility index (Phi) is 3.54. The van der Waals surface area contributed by atoms with E-state index in [1.165, 1.54) is 25.0 Å². The van der Waals surface area contributed by atoms with E-state index in [0.29, 0.717) is 17.9 Å². The van der Waals surface area contributed by atoms with Gasteiger partial charge in [0.1, 0.15) is 11.6 Å². The van der Waals surface area contributed by atoms with Gasteiger partial charge in [0.2, 0.25) is 0 Å². The minimum Gasteiger partial charge on any atom is -0.388 e. The molecule has 1 fully saturated rings.